The fraction of sp³-hybridized carbons (Fsp3) is 0.286. The normalized spacial score (nSPS) is 11.1. The maximum atomic E-state index is 11.4. The number of nitrogens with one attached hydrogen (secondary N) is 1. The zero-order chi connectivity index (χ0) is 14.1. The number of hydrogen-bond acceptors (Lipinski definition) is 4. The summed E-state index contributed by atoms with van der Waals surface area (Å²) < 4.78 is 8.54. The van der Waals surface area contributed by atoms with E-state index in [4.69, 9.17) is 4.42 Å². The van der Waals surface area contributed by atoms with Gasteiger partial charge in [0.25, 0.3) is 0 Å². The highest BCUT2D eigenvalue weighted by Crippen LogP contribution is 2.15. The Bertz CT molecular complexity index is 797. The quantitative estimate of drug-likeness (QED) is 0.788. The molecule has 3 aromatic rings. The molecule has 0 saturated heterocycles. The van der Waals surface area contributed by atoms with Crippen LogP contribution in [-0.2, 0) is 20.1 Å². The third-order valence-corrected chi connectivity index (χ3v) is 3.31. The Morgan fingerprint density at radius 2 is 2.25 bits per heavy atom. The van der Waals surface area contributed by atoms with E-state index in [1.54, 1.807) is 13.2 Å². The average molecular weight is 272 g/mol. The van der Waals surface area contributed by atoms with Gasteiger partial charge in [-0.3, -0.25) is 9.25 Å². The largest absolute Gasteiger partial charge is 0.419 e. The summed E-state index contributed by atoms with van der Waals surface area (Å²) in [6.45, 7) is 3.55. The van der Waals surface area contributed by atoms with E-state index in [0.29, 0.717) is 12.1 Å². The molecule has 0 amide bonds. The number of aromatic nitrogens is 3. The number of anilines is 1. The van der Waals surface area contributed by atoms with Crippen molar-refractivity contribution in [2.45, 2.75) is 20.0 Å². The van der Waals surface area contributed by atoms with Crippen molar-refractivity contribution < 1.29 is 4.42 Å². The van der Waals surface area contributed by atoms with Crippen molar-refractivity contribution in [3.8, 4) is 0 Å². The van der Waals surface area contributed by atoms with Crippen molar-refractivity contribution in [3.63, 3.8) is 0 Å². The SMILES string of the molecule is CCn1cc(NCc2ccc3c(c2)oc(=O)n3C)cn1. The van der Waals surface area contributed by atoms with Crippen LogP contribution in [0.25, 0.3) is 11.1 Å². The van der Waals surface area contributed by atoms with Gasteiger partial charge < -0.3 is 9.73 Å². The summed E-state index contributed by atoms with van der Waals surface area (Å²) in [5.41, 5.74) is 3.44. The summed E-state index contributed by atoms with van der Waals surface area (Å²) >= 11 is 0. The molecule has 0 aliphatic rings. The molecule has 0 bridgehead atoms. The van der Waals surface area contributed by atoms with E-state index < -0.39 is 0 Å². The van der Waals surface area contributed by atoms with E-state index in [0.717, 1.165) is 23.3 Å². The maximum absolute atomic E-state index is 11.4. The predicted octanol–water partition coefficient (Wildman–Crippen LogP) is 1.96. The van der Waals surface area contributed by atoms with Crippen LogP contribution in [0.1, 0.15) is 12.5 Å². The van der Waals surface area contributed by atoms with Crippen LogP contribution >= 0.6 is 0 Å². The number of oxazole rings is 1. The van der Waals surface area contributed by atoms with Gasteiger partial charge in [0, 0.05) is 26.3 Å². The minimum atomic E-state index is -0.339. The van der Waals surface area contributed by atoms with Gasteiger partial charge in [-0.2, -0.15) is 5.10 Å². The van der Waals surface area contributed by atoms with Gasteiger partial charge in [0.05, 0.1) is 17.4 Å². The number of fused-ring (bicyclic) bond motifs is 1. The third kappa shape index (κ3) is 2.20. The van der Waals surface area contributed by atoms with Gasteiger partial charge in [0.1, 0.15) is 0 Å². The van der Waals surface area contributed by atoms with E-state index in [1.807, 2.05) is 36.0 Å². The second-order valence-corrected chi connectivity index (χ2v) is 4.67. The molecule has 0 fully saturated rings. The van der Waals surface area contributed by atoms with Gasteiger partial charge in [-0.05, 0) is 24.6 Å². The second-order valence-electron chi connectivity index (χ2n) is 4.67. The standard InChI is InChI=1S/C14H16N4O2/c1-3-18-9-11(8-16-18)15-7-10-4-5-12-13(6-10)20-14(19)17(12)2/h4-6,8-9,15H,3,7H2,1-2H3. The lowest BCUT2D eigenvalue weighted by Gasteiger charge is -2.03. The third-order valence-electron chi connectivity index (χ3n) is 3.31. The van der Waals surface area contributed by atoms with Crippen molar-refractivity contribution >= 4 is 16.8 Å². The first-order valence-electron chi connectivity index (χ1n) is 6.52. The molecule has 0 unspecified atom stereocenters. The smallest absolute Gasteiger partial charge is 0.408 e. The Balaban J connectivity index is 1.79. The number of benzene rings is 1. The highest BCUT2D eigenvalue weighted by Gasteiger charge is 2.06. The van der Waals surface area contributed by atoms with Crippen LogP contribution in [0.2, 0.25) is 0 Å². The molecule has 20 heavy (non-hydrogen) atoms. The monoisotopic (exact) mass is 272 g/mol. The average Bonchev–Trinajstić information content (AvgIpc) is 3.02. The van der Waals surface area contributed by atoms with Gasteiger partial charge in [0.15, 0.2) is 5.58 Å². The van der Waals surface area contributed by atoms with E-state index >= 15 is 0 Å². The zero-order valence-corrected chi connectivity index (χ0v) is 11.5. The number of rotatable bonds is 4. The lowest BCUT2D eigenvalue weighted by molar-refractivity contribution is 0.528. The summed E-state index contributed by atoms with van der Waals surface area (Å²) in [4.78, 5) is 11.4. The number of aryl methyl sites for hydroxylation is 2. The molecule has 0 radical (unpaired) electrons. The highest BCUT2D eigenvalue weighted by molar-refractivity contribution is 5.73. The van der Waals surface area contributed by atoms with Crippen molar-refractivity contribution in [2.75, 3.05) is 5.32 Å². The van der Waals surface area contributed by atoms with Crippen molar-refractivity contribution in [1.82, 2.24) is 14.3 Å². The molecule has 1 aromatic carbocycles. The summed E-state index contributed by atoms with van der Waals surface area (Å²) in [7, 11) is 1.70. The Kier molecular flexibility index (Phi) is 3.06. The van der Waals surface area contributed by atoms with Gasteiger partial charge in [-0.25, -0.2) is 4.79 Å². The minimum Gasteiger partial charge on any atom is -0.408 e. The highest BCUT2D eigenvalue weighted by atomic mass is 16.4. The fourth-order valence-electron chi connectivity index (χ4n) is 2.12. The summed E-state index contributed by atoms with van der Waals surface area (Å²) in [5.74, 6) is -0.339. The Morgan fingerprint density at radius 3 is 3.00 bits per heavy atom. The topological polar surface area (TPSA) is 65.0 Å². The van der Waals surface area contributed by atoms with E-state index in [1.165, 1.54) is 4.57 Å². The Hall–Kier alpha value is -2.50. The van der Waals surface area contributed by atoms with Gasteiger partial charge in [0.2, 0.25) is 0 Å². The molecule has 0 aliphatic heterocycles. The predicted molar refractivity (Wildman–Crippen MR) is 76.7 cm³/mol. The van der Waals surface area contributed by atoms with E-state index in [9.17, 15) is 4.79 Å². The molecule has 6 heteroatoms. The minimum absolute atomic E-state index is 0.339. The molecule has 0 aliphatic carbocycles. The molecule has 0 spiro atoms. The summed E-state index contributed by atoms with van der Waals surface area (Å²) in [6, 6.07) is 5.76. The molecule has 0 atom stereocenters. The zero-order valence-electron chi connectivity index (χ0n) is 11.5. The van der Waals surface area contributed by atoms with Gasteiger partial charge >= 0.3 is 5.76 Å². The first-order chi connectivity index (χ1) is 9.67. The van der Waals surface area contributed by atoms with Gasteiger partial charge in [-0.15, -0.1) is 0 Å². The van der Waals surface area contributed by atoms with Crippen LogP contribution in [0, 0.1) is 0 Å². The molecular formula is C14H16N4O2. The van der Waals surface area contributed by atoms with Crippen molar-refractivity contribution in [2.24, 2.45) is 7.05 Å². The molecular weight excluding hydrogens is 256 g/mol. The second kappa shape index (κ2) is 4.88. The van der Waals surface area contributed by atoms with Crippen LogP contribution in [0.15, 0.2) is 39.8 Å². The number of nitrogens with zero attached hydrogens (tertiary/aromatic N) is 3. The number of hydrogen-bond donors (Lipinski definition) is 1. The fourth-order valence-corrected chi connectivity index (χ4v) is 2.12. The van der Waals surface area contributed by atoms with Crippen LogP contribution < -0.4 is 11.1 Å². The Morgan fingerprint density at radius 1 is 1.40 bits per heavy atom. The molecule has 0 saturated carbocycles. The van der Waals surface area contributed by atoms with E-state index in [2.05, 4.69) is 10.4 Å². The van der Waals surface area contributed by atoms with Crippen LogP contribution in [0.3, 0.4) is 0 Å². The molecule has 3 rings (SSSR count). The molecule has 104 valence electrons. The van der Waals surface area contributed by atoms with Crippen LogP contribution in [-0.4, -0.2) is 14.3 Å². The molecule has 1 N–H and O–H groups in total. The van der Waals surface area contributed by atoms with Crippen LogP contribution in [0.5, 0.6) is 0 Å². The Labute approximate surface area is 115 Å². The van der Waals surface area contributed by atoms with Gasteiger partial charge in [-0.1, -0.05) is 6.07 Å². The van der Waals surface area contributed by atoms with E-state index in [-0.39, 0.29) is 5.76 Å². The van der Waals surface area contributed by atoms with Crippen LogP contribution in [0.4, 0.5) is 5.69 Å². The summed E-state index contributed by atoms with van der Waals surface area (Å²) in [6.07, 6.45) is 3.76. The first-order valence-corrected chi connectivity index (χ1v) is 6.52. The lowest BCUT2D eigenvalue weighted by Crippen LogP contribution is -2.08. The summed E-state index contributed by atoms with van der Waals surface area (Å²) in [5, 5.41) is 7.49. The van der Waals surface area contributed by atoms with Crippen molar-refractivity contribution in [3.05, 3.63) is 46.7 Å². The molecule has 2 aromatic heterocycles. The lowest BCUT2D eigenvalue weighted by atomic mass is 10.2. The maximum Gasteiger partial charge on any atom is 0.419 e. The first kappa shape index (κ1) is 12.5. The molecule has 2 heterocycles. The molecule has 6 nitrogen and oxygen atoms in total. The van der Waals surface area contributed by atoms with Crippen molar-refractivity contribution in [1.29, 1.82) is 0 Å².